The van der Waals surface area contributed by atoms with Gasteiger partial charge in [-0.05, 0) is 12.1 Å². The van der Waals surface area contributed by atoms with Gasteiger partial charge < -0.3 is 10.2 Å². The van der Waals surface area contributed by atoms with Crippen molar-refractivity contribution in [2.75, 3.05) is 0 Å². The van der Waals surface area contributed by atoms with Crippen LogP contribution in [-0.4, -0.2) is 42.4 Å². The van der Waals surface area contributed by atoms with E-state index in [1.807, 2.05) is 0 Å². The van der Waals surface area contributed by atoms with E-state index in [1.165, 1.54) is 12.1 Å². The zero-order valence-electron chi connectivity index (χ0n) is 5.82. The third-order valence-electron chi connectivity index (χ3n) is 1.13. The summed E-state index contributed by atoms with van der Waals surface area (Å²) in [5.41, 5.74) is -0.0671. The number of carboxylic acids is 1. The molecular formula is C7H9BiO3. The van der Waals surface area contributed by atoms with Gasteiger partial charge in [0.2, 0.25) is 0 Å². The quantitative estimate of drug-likeness (QED) is 0.696. The van der Waals surface area contributed by atoms with Gasteiger partial charge in [-0.25, -0.2) is 4.79 Å². The minimum atomic E-state index is -1.11. The molecule has 0 spiro atoms. The van der Waals surface area contributed by atoms with Crippen LogP contribution in [0.4, 0.5) is 0 Å². The van der Waals surface area contributed by atoms with Crippen LogP contribution in [0.5, 0.6) is 5.75 Å². The van der Waals surface area contributed by atoms with Crippen LogP contribution in [0.1, 0.15) is 10.4 Å². The van der Waals surface area contributed by atoms with Crippen molar-refractivity contribution in [3.8, 4) is 5.75 Å². The fourth-order valence-electron chi connectivity index (χ4n) is 0.654. The molecule has 0 amide bonds. The molecule has 0 bridgehead atoms. The third-order valence-corrected chi connectivity index (χ3v) is 1.13. The number of rotatable bonds is 1. The van der Waals surface area contributed by atoms with Crippen molar-refractivity contribution < 1.29 is 15.0 Å². The van der Waals surface area contributed by atoms with Crippen molar-refractivity contribution in [1.82, 2.24) is 0 Å². The van der Waals surface area contributed by atoms with Gasteiger partial charge in [0, 0.05) is 0 Å². The summed E-state index contributed by atoms with van der Waals surface area (Å²) in [5, 5.41) is 17.3. The number of aromatic carboxylic acids is 1. The Morgan fingerprint density at radius 2 is 1.82 bits per heavy atom. The molecule has 0 aliphatic heterocycles. The van der Waals surface area contributed by atoms with Gasteiger partial charge in [-0.15, -0.1) is 0 Å². The minimum absolute atomic E-state index is 0. The van der Waals surface area contributed by atoms with Gasteiger partial charge in [0.15, 0.2) is 0 Å². The fourth-order valence-corrected chi connectivity index (χ4v) is 0.654. The van der Waals surface area contributed by atoms with E-state index in [0.717, 1.165) is 0 Å². The molecule has 60 valence electrons. The van der Waals surface area contributed by atoms with Crippen molar-refractivity contribution >= 4 is 32.2 Å². The molecule has 0 fully saturated rings. The molecular weight excluding hydrogens is 341 g/mol. The zero-order valence-corrected chi connectivity index (χ0v) is 11.3. The summed E-state index contributed by atoms with van der Waals surface area (Å²) >= 11 is 0. The molecule has 1 rings (SSSR count). The van der Waals surface area contributed by atoms with E-state index in [4.69, 9.17) is 10.2 Å². The van der Waals surface area contributed by atoms with Gasteiger partial charge in [-0.3, -0.25) is 0 Å². The Kier molecular flexibility index (Phi) is 4.05. The van der Waals surface area contributed by atoms with Gasteiger partial charge in [-0.1, -0.05) is 12.1 Å². The molecule has 0 saturated heterocycles. The van der Waals surface area contributed by atoms with Crippen molar-refractivity contribution in [2.24, 2.45) is 0 Å². The SMILES string of the molecule is O=C(O)c1ccccc1O.[BiH3]. The molecule has 3 nitrogen and oxygen atoms in total. The van der Waals surface area contributed by atoms with E-state index in [9.17, 15) is 4.79 Å². The number of benzene rings is 1. The van der Waals surface area contributed by atoms with E-state index in [0.29, 0.717) is 0 Å². The van der Waals surface area contributed by atoms with Gasteiger partial charge >= 0.3 is 32.2 Å². The number of hydrogen-bond donors (Lipinski definition) is 2. The second-order valence-electron chi connectivity index (χ2n) is 1.82. The Hall–Kier alpha value is -0.627. The molecule has 0 aliphatic rings. The van der Waals surface area contributed by atoms with Gasteiger partial charge in [-0.2, -0.15) is 0 Å². The van der Waals surface area contributed by atoms with Crippen LogP contribution >= 0.6 is 0 Å². The molecule has 0 radical (unpaired) electrons. The number of phenols is 1. The fraction of sp³-hybridized carbons (Fsp3) is 0. The molecule has 0 aliphatic carbocycles. The Bertz CT molecular complexity index is 260. The number of carboxylic acid groups (broad SMARTS) is 1. The maximum atomic E-state index is 10.3. The molecule has 1 aromatic carbocycles. The number of para-hydroxylation sites is 1. The molecule has 0 heterocycles. The average molecular weight is 350 g/mol. The van der Waals surface area contributed by atoms with Crippen molar-refractivity contribution in [2.45, 2.75) is 0 Å². The summed E-state index contributed by atoms with van der Waals surface area (Å²) < 4.78 is 0. The monoisotopic (exact) mass is 350 g/mol. The molecule has 4 heteroatoms. The van der Waals surface area contributed by atoms with Crippen molar-refractivity contribution in [3.05, 3.63) is 29.8 Å². The number of aromatic hydroxyl groups is 1. The van der Waals surface area contributed by atoms with Crippen LogP contribution in [0, 0.1) is 0 Å². The molecule has 1 aromatic rings. The second-order valence-corrected chi connectivity index (χ2v) is 1.82. The van der Waals surface area contributed by atoms with Gasteiger partial charge in [0.05, 0.1) is 0 Å². The molecule has 0 aromatic heterocycles. The van der Waals surface area contributed by atoms with Crippen LogP contribution in [0.3, 0.4) is 0 Å². The Morgan fingerprint density at radius 1 is 1.27 bits per heavy atom. The van der Waals surface area contributed by atoms with E-state index >= 15 is 0 Å². The van der Waals surface area contributed by atoms with Crippen LogP contribution < -0.4 is 0 Å². The van der Waals surface area contributed by atoms with E-state index in [2.05, 4.69) is 0 Å². The first-order chi connectivity index (χ1) is 4.72. The van der Waals surface area contributed by atoms with Crippen molar-refractivity contribution in [3.63, 3.8) is 0 Å². The van der Waals surface area contributed by atoms with Crippen LogP contribution in [0.25, 0.3) is 0 Å². The predicted molar refractivity (Wildman–Crippen MR) is 45.0 cm³/mol. The normalized spacial score (nSPS) is 8.36. The van der Waals surface area contributed by atoms with E-state index in [-0.39, 0.29) is 37.5 Å². The molecule has 2 N–H and O–H groups in total. The first-order valence-corrected chi connectivity index (χ1v) is 2.73. The molecule has 0 unspecified atom stereocenters. The van der Waals surface area contributed by atoms with Crippen LogP contribution in [0.2, 0.25) is 0 Å². The van der Waals surface area contributed by atoms with Gasteiger partial charge in [0.1, 0.15) is 11.3 Å². The summed E-state index contributed by atoms with van der Waals surface area (Å²) in [4.78, 5) is 10.3. The second kappa shape index (κ2) is 4.29. The first-order valence-electron chi connectivity index (χ1n) is 2.73. The topological polar surface area (TPSA) is 57.5 Å². The molecule has 0 atom stereocenters. The third kappa shape index (κ3) is 2.47. The summed E-state index contributed by atoms with van der Waals surface area (Å²) in [6.45, 7) is 0. The van der Waals surface area contributed by atoms with E-state index in [1.54, 1.807) is 12.1 Å². The van der Waals surface area contributed by atoms with Gasteiger partial charge in [0.25, 0.3) is 0 Å². The number of carbonyl (C=O) groups is 1. The first kappa shape index (κ1) is 10.4. The standard InChI is InChI=1S/C7H6O3.Bi.3H/c8-6-4-2-1-3-5(6)7(9)10;;;;/h1-4,8H,(H,9,10);;;;. The Labute approximate surface area is 82.8 Å². The predicted octanol–water partition coefficient (Wildman–Crippen LogP) is -0.0935. The molecule has 0 saturated carbocycles. The summed E-state index contributed by atoms with van der Waals surface area (Å²) in [7, 11) is 0. The Morgan fingerprint density at radius 3 is 2.18 bits per heavy atom. The number of hydrogen-bond acceptors (Lipinski definition) is 2. The van der Waals surface area contributed by atoms with Crippen LogP contribution in [0.15, 0.2) is 24.3 Å². The Balaban J connectivity index is 0.000001000. The summed E-state index contributed by atoms with van der Waals surface area (Å²) in [6.07, 6.45) is 0. The zero-order chi connectivity index (χ0) is 7.56. The molecule has 11 heavy (non-hydrogen) atoms. The van der Waals surface area contributed by atoms with Crippen molar-refractivity contribution in [1.29, 1.82) is 0 Å². The average Bonchev–Trinajstić information content (AvgIpc) is 1.88. The summed E-state index contributed by atoms with van der Waals surface area (Å²) in [6, 6.07) is 5.81. The van der Waals surface area contributed by atoms with Crippen LogP contribution in [-0.2, 0) is 0 Å². The van der Waals surface area contributed by atoms with E-state index < -0.39 is 5.97 Å². The summed E-state index contributed by atoms with van der Waals surface area (Å²) in [5.74, 6) is -1.31. The maximum absolute atomic E-state index is 10.3.